The van der Waals surface area contributed by atoms with Crippen LogP contribution in [0.3, 0.4) is 0 Å². The number of amides is 2. The lowest BCUT2D eigenvalue weighted by molar-refractivity contribution is -0.120. The minimum Gasteiger partial charge on any atom is -0.358 e. The van der Waals surface area contributed by atoms with Crippen LogP contribution in [-0.2, 0) is 21.4 Å². The van der Waals surface area contributed by atoms with Gasteiger partial charge in [-0.3, -0.25) is 14.2 Å². The molecule has 2 aromatic rings. The Morgan fingerprint density at radius 3 is 2.68 bits per heavy atom. The number of sulfonamides is 1. The smallest absolute Gasteiger partial charge is 0.274 e. The van der Waals surface area contributed by atoms with Gasteiger partial charge in [-0.1, -0.05) is 19.1 Å². The summed E-state index contributed by atoms with van der Waals surface area (Å²) in [5.74, 6) is -0.725. The van der Waals surface area contributed by atoms with Gasteiger partial charge in [0.05, 0.1) is 24.5 Å². The van der Waals surface area contributed by atoms with Crippen molar-refractivity contribution < 1.29 is 18.0 Å². The van der Waals surface area contributed by atoms with Gasteiger partial charge in [-0.15, -0.1) is 0 Å². The Bertz CT molecular complexity index is 1010. The second-order valence-corrected chi connectivity index (χ2v) is 8.46. The number of carbonyl (C=O) groups excluding carboxylic acids is 2. The molecule has 0 aliphatic carbocycles. The highest BCUT2D eigenvalue weighted by atomic mass is 32.2. The van der Waals surface area contributed by atoms with Crippen LogP contribution in [-0.4, -0.2) is 66.2 Å². The van der Waals surface area contributed by atoms with Gasteiger partial charge in [0.2, 0.25) is 15.9 Å². The molecule has 2 heterocycles. The number of hydrogen-bond donors (Lipinski definition) is 1. The molecule has 0 radical (unpaired) electrons. The predicted octanol–water partition coefficient (Wildman–Crippen LogP) is 0.605. The van der Waals surface area contributed by atoms with Crippen molar-refractivity contribution in [3.8, 4) is 5.69 Å². The summed E-state index contributed by atoms with van der Waals surface area (Å²) in [4.78, 5) is 30.7. The lowest BCUT2D eigenvalue weighted by atomic mass is 10.2. The van der Waals surface area contributed by atoms with E-state index in [1.54, 1.807) is 34.7 Å². The maximum absolute atomic E-state index is 13.2. The zero-order chi connectivity index (χ0) is 20.5. The van der Waals surface area contributed by atoms with Crippen LogP contribution in [0.1, 0.15) is 29.5 Å². The lowest BCUT2D eigenvalue weighted by Gasteiger charge is -2.20. The molecule has 1 N–H and O–H groups in total. The van der Waals surface area contributed by atoms with Gasteiger partial charge in [0, 0.05) is 20.6 Å². The zero-order valence-corrected chi connectivity index (χ0v) is 16.9. The van der Waals surface area contributed by atoms with Crippen molar-refractivity contribution in [3.05, 3.63) is 42.0 Å². The SMILES string of the molecule is CCCN(C)C(=O)c1ncn2c1CN(CC(=O)NC)S(=O)(=O)c1ccccc1-2. The molecule has 0 saturated carbocycles. The Kier molecular flexibility index (Phi) is 5.52. The van der Waals surface area contributed by atoms with E-state index in [1.807, 2.05) is 6.92 Å². The molecule has 1 aromatic heterocycles. The van der Waals surface area contributed by atoms with Crippen LogP contribution in [0.4, 0.5) is 0 Å². The molecule has 0 bridgehead atoms. The van der Waals surface area contributed by atoms with E-state index in [4.69, 9.17) is 0 Å². The van der Waals surface area contributed by atoms with E-state index in [9.17, 15) is 18.0 Å². The van der Waals surface area contributed by atoms with E-state index >= 15 is 0 Å². The number of likely N-dealkylation sites (N-methyl/N-ethyl adjacent to an activating group) is 1. The minimum atomic E-state index is -3.94. The first-order valence-electron chi connectivity index (χ1n) is 8.93. The van der Waals surface area contributed by atoms with Gasteiger partial charge in [-0.2, -0.15) is 4.31 Å². The minimum absolute atomic E-state index is 0.0657. The number of benzene rings is 1. The molecule has 2 amide bonds. The molecule has 1 aliphatic heterocycles. The summed E-state index contributed by atoms with van der Waals surface area (Å²) in [7, 11) is -0.810. The molecule has 0 atom stereocenters. The van der Waals surface area contributed by atoms with Crippen molar-refractivity contribution in [2.24, 2.45) is 0 Å². The molecule has 0 unspecified atom stereocenters. The van der Waals surface area contributed by atoms with Crippen LogP contribution >= 0.6 is 0 Å². The second kappa shape index (κ2) is 7.72. The highest BCUT2D eigenvalue weighted by Crippen LogP contribution is 2.31. The molecule has 28 heavy (non-hydrogen) atoms. The third-order valence-electron chi connectivity index (χ3n) is 4.64. The third kappa shape index (κ3) is 3.40. The van der Waals surface area contributed by atoms with Crippen molar-refractivity contribution in [2.45, 2.75) is 24.8 Å². The Morgan fingerprint density at radius 1 is 1.29 bits per heavy atom. The summed E-state index contributed by atoms with van der Waals surface area (Å²) in [5, 5.41) is 2.44. The zero-order valence-electron chi connectivity index (χ0n) is 16.0. The van der Waals surface area contributed by atoms with Gasteiger partial charge in [0.25, 0.3) is 5.91 Å². The number of para-hydroxylation sites is 1. The van der Waals surface area contributed by atoms with E-state index in [1.165, 1.54) is 19.4 Å². The van der Waals surface area contributed by atoms with Gasteiger partial charge in [-0.05, 0) is 18.6 Å². The summed E-state index contributed by atoms with van der Waals surface area (Å²) in [5.41, 5.74) is 1.02. The molecule has 1 aliphatic rings. The van der Waals surface area contributed by atoms with Gasteiger partial charge in [0.1, 0.15) is 11.2 Å². The van der Waals surface area contributed by atoms with Crippen LogP contribution < -0.4 is 5.32 Å². The molecule has 0 spiro atoms. The Balaban J connectivity index is 2.17. The molecule has 3 rings (SSSR count). The first-order chi connectivity index (χ1) is 13.3. The fraction of sp³-hybridized carbons (Fsp3) is 0.389. The highest BCUT2D eigenvalue weighted by Gasteiger charge is 2.36. The number of imidazole rings is 1. The monoisotopic (exact) mass is 405 g/mol. The van der Waals surface area contributed by atoms with E-state index < -0.39 is 15.9 Å². The molecule has 1 aromatic carbocycles. The second-order valence-electron chi connectivity index (χ2n) is 6.55. The van der Waals surface area contributed by atoms with E-state index in [-0.39, 0.29) is 29.6 Å². The topological polar surface area (TPSA) is 105 Å². The van der Waals surface area contributed by atoms with E-state index in [2.05, 4.69) is 10.3 Å². The Hall–Kier alpha value is -2.72. The van der Waals surface area contributed by atoms with E-state index in [0.717, 1.165) is 10.7 Å². The van der Waals surface area contributed by atoms with Crippen molar-refractivity contribution in [1.29, 1.82) is 0 Å². The summed E-state index contributed by atoms with van der Waals surface area (Å²) in [6.45, 7) is 2.04. The molecule has 150 valence electrons. The van der Waals surface area contributed by atoms with Crippen molar-refractivity contribution in [1.82, 2.24) is 24.1 Å². The van der Waals surface area contributed by atoms with Crippen LogP contribution in [0.2, 0.25) is 0 Å². The number of rotatable bonds is 5. The molecule has 0 saturated heterocycles. The van der Waals surface area contributed by atoms with Crippen LogP contribution in [0.15, 0.2) is 35.5 Å². The van der Waals surface area contributed by atoms with Crippen LogP contribution in [0, 0.1) is 0 Å². The third-order valence-corrected chi connectivity index (χ3v) is 6.48. The summed E-state index contributed by atoms with van der Waals surface area (Å²) in [6, 6.07) is 6.49. The normalized spacial score (nSPS) is 15.2. The van der Waals surface area contributed by atoms with Gasteiger partial charge in [-0.25, -0.2) is 13.4 Å². The Labute approximate surface area is 164 Å². The number of hydrogen-bond acceptors (Lipinski definition) is 5. The summed E-state index contributed by atoms with van der Waals surface area (Å²) >= 11 is 0. The Morgan fingerprint density at radius 2 is 2.00 bits per heavy atom. The van der Waals surface area contributed by atoms with E-state index in [0.29, 0.717) is 17.9 Å². The maximum Gasteiger partial charge on any atom is 0.274 e. The molecule has 10 heteroatoms. The number of fused-ring (bicyclic) bond motifs is 3. The summed E-state index contributed by atoms with van der Waals surface area (Å²) in [6.07, 6.45) is 2.25. The molecule has 9 nitrogen and oxygen atoms in total. The van der Waals surface area contributed by atoms with Gasteiger partial charge in [0.15, 0.2) is 5.69 Å². The summed E-state index contributed by atoms with van der Waals surface area (Å²) < 4.78 is 29.0. The van der Waals surface area contributed by atoms with Crippen LogP contribution in [0.5, 0.6) is 0 Å². The van der Waals surface area contributed by atoms with Gasteiger partial charge < -0.3 is 10.2 Å². The van der Waals surface area contributed by atoms with Crippen molar-refractivity contribution in [2.75, 3.05) is 27.2 Å². The first-order valence-corrected chi connectivity index (χ1v) is 10.4. The number of carbonyl (C=O) groups is 2. The fourth-order valence-corrected chi connectivity index (χ4v) is 4.71. The molecule has 0 fully saturated rings. The van der Waals surface area contributed by atoms with Gasteiger partial charge >= 0.3 is 0 Å². The largest absolute Gasteiger partial charge is 0.358 e. The predicted molar refractivity (Wildman–Crippen MR) is 102 cm³/mol. The maximum atomic E-state index is 13.2. The lowest BCUT2D eigenvalue weighted by Crippen LogP contribution is -2.39. The molecular weight excluding hydrogens is 382 g/mol. The van der Waals surface area contributed by atoms with Crippen LogP contribution in [0.25, 0.3) is 5.69 Å². The molecular formula is C18H23N5O4S. The highest BCUT2D eigenvalue weighted by molar-refractivity contribution is 7.89. The number of nitrogens with one attached hydrogen (secondary N) is 1. The van der Waals surface area contributed by atoms with Crippen molar-refractivity contribution in [3.63, 3.8) is 0 Å². The fourth-order valence-electron chi connectivity index (χ4n) is 3.17. The average molecular weight is 405 g/mol. The standard InChI is InChI=1S/C18H23N5O4S/c1-4-9-21(3)18(25)17-14-10-22(11-16(24)19-2)28(26,27)15-8-6-5-7-13(15)23(14)12-20-17/h5-8,12H,4,9-11H2,1-3H3,(H,19,24). The van der Waals surface area contributed by atoms with Crippen molar-refractivity contribution >= 4 is 21.8 Å². The first kappa shape index (κ1) is 20.0. The number of aromatic nitrogens is 2. The quantitative estimate of drug-likeness (QED) is 0.785. The number of nitrogens with zero attached hydrogens (tertiary/aromatic N) is 4. The average Bonchev–Trinajstić information content (AvgIpc) is 3.06.